The number of aryl methyl sites for hydroxylation is 1. The van der Waals surface area contributed by atoms with Gasteiger partial charge in [0.15, 0.2) is 0 Å². The Morgan fingerprint density at radius 2 is 2.10 bits per heavy atom. The summed E-state index contributed by atoms with van der Waals surface area (Å²) in [6, 6.07) is 7.67. The van der Waals surface area contributed by atoms with Crippen molar-refractivity contribution in [3.8, 4) is 0 Å². The second-order valence-electron chi connectivity index (χ2n) is 5.41. The molecular weight excluding hydrogens is 264 g/mol. The highest BCUT2D eigenvalue weighted by molar-refractivity contribution is 5.85. The van der Waals surface area contributed by atoms with E-state index in [1.54, 1.807) is 0 Å². The number of methoxy groups -OCH3 is 1. The van der Waals surface area contributed by atoms with Crippen molar-refractivity contribution in [1.82, 2.24) is 4.57 Å². The van der Waals surface area contributed by atoms with Crippen LogP contribution in [-0.2, 0) is 22.5 Å². The number of aromatic nitrogens is 1. The molecule has 1 aromatic heterocycles. The lowest BCUT2D eigenvalue weighted by molar-refractivity contribution is -0.142. The van der Waals surface area contributed by atoms with Crippen molar-refractivity contribution in [3.05, 3.63) is 36.0 Å². The average molecular weight is 288 g/mol. The minimum atomic E-state index is -0.607. The number of hydrogen-bond donors (Lipinski definition) is 1. The van der Waals surface area contributed by atoms with Gasteiger partial charge in [-0.3, -0.25) is 4.79 Å². The van der Waals surface area contributed by atoms with Gasteiger partial charge in [-0.05, 0) is 18.1 Å². The van der Waals surface area contributed by atoms with E-state index in [9.17, 15) is 4.79 Å². The Bertz CT molecular complexity index is 604. The van der Waals surface area contributed by atoms with E-state index in [-0.39, 0.29) is 5.97 Å². The van der Waals surface area contributed by atoms with Crippen molar-refractivity contribution in [2.24, 2.45) is 5.73 Å². The number of fused-ring (bicyclic) bond motifs is 1. The van der Waals surface area contributed by atoms with Crippen LogP contribution in [0.25, 0.3) is 10.9 Å². The topological polar surface area (TPSA) is 57.2 Å². The maximum atomic E-state index is 11.5. The number of hydrogen-bond acceptors (Lipinski definition) is 3. The number of para-hydroxylation sites is 1. The fourth-order valence-electron chi connectivity index (χ4n) is 2.67. The van der Waals surface area contributed by atoms with Crippen LogP contribution >= 0.6 is 0 Å². The number of unbranched alkanes of at least 4 members (excludes halogenated alkanes) is 2. The smallest absolute Gasteiger partial charge is 0.322 e. The molecule has 21 heavy (non-hydrogen) atoms. The number of esters is 1. The average Bonchev–Trinajstić information content (AvgIpc) is 2.85. The van der Waals surface area contributed by atoms with Crippen molar-refractivity contribution in [2.45, 2.75) is 45.2 Å². The van der Waals surface area contributed by atoms with Crippen molar-refractivity contribution in [1.29, 1.82) is 0 Å². The summed E-state index contributed by atoms with van der Waals surface area (Å²) < 4.78 is 6.98. The van der Waals surface area contributed by atoms with Gasteiger partial charge in [-0.25, -0.2) is 0 Å². The lowest BCUT2D eigenvalue weighted by Gasteiger charge is -2.07. The van der Waals surface area contributed by atoms with Crippen molar-refractivity contribution in [3.63, 3.8) is 0 Å². The molecule has 0 saturated carbocycles. The van der Waals surface area contributed by atoms with Crippen molar-refractivity contribution < 1.29 is 9.53 Å². The molecule has 0 aliphatic carbocycles. The monoisotopic (exact) mass is 288 g/mol. The number of carbonyl (C=O) groups excluding carboxylic acids is 1. The molecule has 114 valence electrons. The van der Waals surface area contributed by atoms with Crippen LogP contribution in [0.3, 0.4) is 0 Å². The Morgan fingerprint density at radius 1 is 1.33 bits per heavy atom. The van der Waals surface area contributed by atoms with E-state index in [0.717, 1.165) is 18.5 Å². The molecule has 2 N–H and O–H groups in total. The SMILES string of the molecule is CCCCCn1cc(C[C@H](N)C(=O)OC)c2ccccc21. The lowest BCUT2D eigenvalue weighted by atomic mass is 10.1. The first kappa shape index (κ1) is 15.6. The molecular formula is C17H24N2O2. The van der Waals surface area contributed by atoms with Gasteiger partial charge in [0.05, 0.1) is 7.11 Å². The van der Waals surface area contributed by atoms with Crippen LogP contribution in [0, 0.1) is 0 Å². The van der Waals surface area contributed by atoms with E-state index in [1.807, 2.05) is 12.1 Å². The maximum Gasteiger partial charge on any atom is 0.322 e. The van der Waals surface area contributed by atoms with E-state index >= 15 is 0 Å². The number of nitrogens with zero attached hydrogens (tertiary/aromatic N) is 1. The summed E-state index contributed by atoms with van der Waals surface area (Å²) in [7, 11) is 1.37. The number of rotatable bonds is 7. The van der Waals surface area contributed by atoms with Gasteiger partial charge in [-0.15, -0.1) is 0 Å². The Balaban J connectivity index is 2.25. The van der Waals surface area contributed by atoms with Crippen LogP contribution in [0.4, 0.5) is 0 Å². The molecule has 0 fully saturated rings. The predicted octanol–water partition coefficient (Wildman–Crippen LogP) is 2.87. The molecule has 0 bridgehead atoms. The van der Waals surface area contributed by atoms with Crippen LogP contribution in [0.1, 0.15) is 31.7 Å². The van der Waals surface area contributed by atoms with Gasteiger partial charge in [-0.2, -0.15) is 0 Å². The number of benzene rings is 1. The first-order valence-electron chi connectivity index (χ1n) is 7.57. The van der Waals surface area contributed by atoms with Gasteiger partial charge < -0.3 is 15.0 Å². The molecule has 1 atom stereocenters. The molecule has 0 unspecified atom stereocenters. The Kier molecular flexibility index (Phi) is 5.39. The normalized spacial score (nSPS) is 12.5. The van der Waals surface area contributed by atoms with Crippen LogP contribution in [-0.4, -0.2) is 23.7 Å². The zero-order valence-electron chi connectivity index (χ0n) is 12.8. The van der Waals surface area contributed by atoms with E-state index in [4.69, 9.17) is 10.5 Å². The summed E-state index contributed by atoms with van der Waals surface area (Å²) in [4.78, 5) is 11.5. The molecule has 1 heterocycles. The van der Waals surface area contributed by atoms with Crippen molar-refractivity contribution >= 4 is 16.9 Å². The first-order chi connectivity index (χ1) is 10.2. The minimum Gasteiger partial charge on any atom is -0.468 e. The molecule has 0 saturated heterocycles. The molecule has 4 nitrogen and oxygen atoms in total. The number of nitrogens with two attached hydrogens (primary N) is 1. The standard InChI is InChI=1S/C17H24N2O2/c1-3-4-7-10-19-12-13(11-15(18)17(20)21-2)14-8-5-6-9-16(14)19/h5-6,8-9,12,15H,3-4,7,10-11,18H2,1-2H3/t15-/m0/s1. The molecule has 0 aliphatic rings. The van der Waals surface area contributed by atoms with Gasteiger partial charge in [0.2, 0.25) is 0 Å². The molecule has 2 aromatic rings. The zero-order chi connectivity index (χ0) is 15.2. The van der Waals surface area contributed by atoms with Gasteiger partial charge in [0.1, 0.15) is 6.04 Å². The zero-order valence-corrected chi connectivity index (χ0v) is 12.8. The lowest BCUT2D eigenvalue weighted by Crippen LogP contribution is -2.33. The number of ether oxygens (including phenoxy) is 1. The third kappa shape index (κ3) is 3.64. The van der Waals surface area contributed by atoms with Crippen LogP contribution in [0.2, 0.25) is 0 Å². The second kappa shape index (κ2) is 7.27. The fraction of sp³-hybridized carbons (Fsp3) is 0.471. The summed E-state index contributed by atoms with van der Waals surface area (Å²) in [5.74, 6) is -0.363. The van der Waals surface area contributed by atoms with Gasteiger partial charge in [0.25, 0.3) is 0 Å². The molecule has 0 aliphatic heterocycles. The fourth-order valence-corrected chi connectivity index (χ4v) is 2.67. The minimum absolute atomic E-state index is 0.363. The molecule has 2 rings (SSSR count). The summed E-state index contributed by atoms with van der Waals surface area (Å²) in [6.07, 6.45) is 6.23. The third-order valence-corrected chi connectivity index (χ3v) is 3.82. The van der Waals surface area contributed by atoms with Crippen LogP contribution in [0.15, 0.2) is 30.5 Å². The molecule has 0 amide bonds. The van der Waals surface area contributed by atoms with E-state index in [0.29, 0.717) is 6.42 Å². The maximum absolute atomic E-state index is 11.5. The van der Waals surface area contributed by atoms with Crippen LogP contribution < -0.4 is 5.73 Å². The molecule has 0 radical (unpaired) electrons. The summed E-state index contributed by atoms with van der Waals surface area (Å²) >= 11 is 0. The van der Waals surface area contributed by atoms with Crippen molar-refractivity contribution in [2.75, 3.05) is 7.11 Å². The largest absolute Gasteiger partial charge is 0.468 e. The van der Waals surface area contributed by atoms with Crippen LogP contribution in [0.5, 0.6) is 0 Å². The van der Waals surface area contributed by atoms with Gasteiger partial charge >= 0.3 is 5.97 Å². The summed E-state index contributed by atoms with van der Waals surface area (Å²) in [5, 5.41) is 1.17. The quantitative estimate of drug-likeness (QED) is 0.629. The molecule has 4 heteroatoms. The van der Waals surface area contributed by atoms with E-state index in [2.05, 4.69) is 29.8 Å². The molecule has 0 spiro atoms. The highest BCUT2D eigenvalue weighted by Crippen LogP contribution is 2.23. The Labute approximate surface area is 125 Å². The summed E-state index contributed by atoms with van der Waals surface area (Å²) in [6.45, 7) is 3.20. The Morgan fingerprint density at radius 3 is 2.81 bits per heavy atom. The molecule has 1 aromatic carbocycles. The second-order valence-corrected chi connectivity index (χ2v) is 5.41. The summed E-state index contributed by atoms with van der Waals surface area (Å²) in [5.41, 5.74) is 8.22. The predicted molar refractivity (Wildman–Crippen MR) is 85.2 cm³/mol. The van der Waals surface area contributed by atoms with Gasteiger partial charge in [-0.1, -0.05) is 38.0 Å². The van der Waals surface area contributed by atoms with Gasteiger partial charge in [0, 0.05) is 30.1 Å². The van der Waals surface area contributed by atoms with E-state index in [1.165, 1.54) is 30.9 Å². The third-order valence-electron chi connectivity index (χ3n) is 3.82. The van der Waals surface area contributed by atoms with E-state index < -0.39 is 6.04 Å². The Hall–Kier alpha value is -1.81. The first-order valence-corrected chi connectivity index (χ1v) is 7.57. The highest BCUT2D eigenvalue weighted by Gasteiger charge is 2.17. The number of carbonyl (C=O) groups is 1. The highest BCUT2D eigenvalue weighted by atomic mass is 16.5.